The van der Waals surface area contributed by atoms with Crippen LogP contribution < -0.4 is 5.32 Å². The molecule has 0 aromatic heterocycles. The van der Waals surface area contributed by atoms with Crippen LogP contribution in [-0.4, -0.2) is 48.8 Å². The largest absolute Gasteiger partial charge is 0.379 e. The van der Waals surface area contributed by atoms with Gasteiger partial charge in [0, 0.05) is 30.7 Å². The molecule has 1 saturated heterocycles. The highest BCUT2D eigenvalue weighted by Crippen LogP contribution is 2.11. The minimum atomic E-state index is 0.212. The Morgan fingerprint density at radius 3 is 2.67 bits per heavy atom. The topological polar surface area (TPSA) is 24.5 Å². The van der Waals surface area contributed by atoms with Crippen LogP contribution in [0.5, 0.6) is 0 Å². The van der Waals surface area contributed by atoms with Crippen molar-refractivity contribution in [3.63, 3.8) is 0 Å². The zero-order valence-electron chi connectivity index (χ0n) is 10.8. The van der Waals surface area contributed by atoms with Gasteiger partial charge < -0.3 is 10.1 Å². The minimum absolute atomic E-state index is 0.212. The van der Waals surface area contributed by atoms with Gasteiger partial charge in [-0.2, -0.15) is 0 Å². The fourth-order valence-electron chi connectivity index (χ4n) is 1.97. The Kier molecular flexibility index (Phi) is 4.56. The summed E-state index contributed by atoms with van der Waals surface area (Å²) < 4.78 is 5.45. The smallest absolute Gasteiger partial charge is 0.0619 e. The van der Waals surface area contributed by atoms with E-state index in [0.717, 1.165) is 26.3 Å². The summed E-state index contributed by atoms with van der Waals surface area (Å²) in [4.78, 5) is 2.53. The Morgan fingerprint density at radius 2 is 2.13 bits per heavy atom. The fourth-order valence-corrected chi connectivity index (χ4v) is 1.97. The van der Waals surface area contributed by atoms with Crippen molar-refractivity contribution >= 4 is 0 Å². The SMILES string of the molecule is CC(CNC(C)(C)C)N1CCOCC1C. The van der Waals surface area contributed by atoms with Gasteiger partial charge in [-0.05, 0) is 34.6 Å². The highest BCUT2D eigenvalue weighted by atomic mass is 16.5. The lowest BCUT2D eigenvalue weighted by atomic mass is 10.1. The molecule has 2 unspecified atom stereocenters. The molecule has 1 heterocycles. The molecule has 1 aliphatic heterocycles. The Hall–Kier alpha value is -0.120. The monoisotopic (exact) mass is 214 g/mol. The number of nitrogens with one attached hydrogen (secondary N) is 1. The van der Waals surface area contributed by atoms with Crippen molar-refractivity contribution in [2.24, 2.45) is 0 Å². The average molecular weight is 214 g/mol. The molecule has 1 aliphatic rings. The van der Waals surface area contributed by atoms with Crippen molar-refractivity contribution in [1.82, 2.24) is 10.2 Å². The quantitative estimate of drug-likeness (QED) is 0.770. The van der Waals surface area contributed by atoms with Crippen LogP contribution in [0, 0.1) is 0 Å². The molecule has 0 saturated carbocycles. The first-order valence-electron chi connectivity index (χ1n) is 5.98. The molecule has 3 heteroatoms. The maximum Gasteiger partial charge on any atom is 0.0619 e. The molecule has 0 aromatic rings. The zero-order chi connectivity index (χ0) is 11.5. The lowest BCUT2D eigenvalue weighted by molar-refractivity contribution is -0.0189. The molecule has 1 fully saturated rings. The molecule has 0 amide bonds. The van der Waals surface area contributed by atoms with Crippen LogP contribution in [0.4, 0.5) is 0 Å². The van der Waals surface area contributed by atoms with E-state index in [1.807, 2.05) is 0 Å². The lowest BCUT2D eigenvalue weighted by Gasteiger charge is -2.39. The fraction of sp³-hybridized carbons (Fsp3) is 1.00. The number of rotatable bonds is 3. The summed E-state index contributed by atoms with van der Waals surface area (Å²) in [6, 6.07) is 1.14. The Bertz CT molecular complexity index is 189. The van der Waals surface area contributed by atoms with E-state index in [-0.39, 0.29) is 5.54 Å². The minimum Gasteiger partial charge on any atom is -0.379 e. The second kappa shape index (κ2) is 5.28. The van der Waals surface area contributed by atoms with E-state index in [2.05, 4.69) is 44.8 Å². The summed E-state index contributed by atoms with van der Waals surface area (Å²) in [7, 11) is 0. The first-order valence-corrected chi connectivity index (χ1v) is 5.98. The molecule has 0 radical (unpaired) electrons. The van der Waals surface area contributed by atoms with Gasteiger partial charge in [-0.15, -0.1) is 0 Å². The molecule has 0 aromatic carbocycles. The van der Waals surface area contributed by atoms with Gasteiger partial charge in [0.15, 0.2) is 0 Å². The number of morpholine rings is 1. The molecular weight excluding hydrogens is 188 g/mol. The summed E-state index contributed by atoms with van der Waals surface area (Å²) in [6.07, 6.45) is 0. The van der Waals surface area contributed by atoms with Crippen molar-refractivity contribution in [3.05, 3.63) is 0 Å². The van der Waals surface area contributed by atoms with E-state index in [0.29, 0.717) is 12.1 Å². The molecule has 2 atom stereocenters. The van der Waals surface area contributed by atoms with E-state index < -0.39 is 0 Å². The van der Waals surface area contributed by atoms with Crippen LogP contribution in [0.1, 0.15) is 34.6 Å². The van der Waals surface area contributed by atoms with Crippen molar-refractivity contribution < 1.29 is 4.74 Å². The van der Waals surface area contributed by atoms with Crippen molar-refractivity contribution in [2.75, 3.05) is 26.3 Å². The number of hydrogen-bond acceptors (Lipinski definition) is 3. The van der Waals surface area contributed by atoms with Gasteiger partial charge in [-0.1, -0.05) is 0 Å². The van der Waals surface area contributed by atoms with Gasteiger partial charge in [0.2, 0.25) is 0 Å². The van der Waals surface area contributed by atoms with Gasteiger partial charge in [0.05, 0.1) is 13.2 Å². The van der Waals surface area contributed by atoms with Gasteiger partial charge in [-0.25, -0.2) is 0 Å². The summed E-state index contributed by atoms with van der Waals surface area (Å²) in [5, 5.41) is 3.56. The molecular formula is C12H26N2O. The van der Waals surface area contributed by atoms with Gasteiger partial charge in [0.25, 0.3) is 0 Å². The third-order valence-corrected chi connectivity index (χ3v) is 2.91. The van der Waals surface area contributed by atoms with Crippen LogP contribution in [0.15, 0.2) is 0 Å². The highest BCUT2D eigenvalue weighted by molar-refractivity contribution is 4.80. The molecule has 0 aliphatic carbocycles. The van der Waals surface area contributed by atoms with Crippen LogP contribution in [0.3, 0.4) is 0 Å². The maximum absolute atomic E-state index is 5.45. The number of hydrogen-bond donors (Lipinski definition) is 1. The maximum atomic E-state index is 5.45. The van der Waals surface area contributed by atoms with Crippen LogP contribution in [0.25, 0.3) is 0 Å². The van der Waals surface area contributed by atoms with Crippen LogP contribution >= 0.6 is 0 Å². The molecule has 90 valence electrons. The Labute approximate surface area is 94.2 Å². The molecule has 0 bridgehead atoms. The zero-order valence-corrected chi connectivity index (χ0v) is 10.8. The number of ether oxygens (including phenoxy) is 1. The predicted octanol–water partition coefficient (Wildman–Crippen LogP) is 1.48. The molecule has 0 spiro atoms. The molecule has 3 nitrogen and oxygen atoms in total. The second-order valence-corrected chi connectivity index (χ2v) is 5.64. The first-order chi connectivity index (χ1) is 6.90. The summed E-state index contributed by atoms with van der Waals surface area (Å²) in [5.41, 5.74) is 0.212. The van der Waals surface area contributed by atoms with Crippen LogP contribution in [-0.2, 0) is 4.74 Å². The molecule has 1 rings (SSSR count). The van der Waals surface area contributed by atoms with Crippen LogP contribution in [0.2, 0.25) is 0 Å². The average Bonchev–Trinajstić information content (AvgIpc) is 2.14. The second-order valence-electron chi connectivity index (χ2n) is 5.64. The third kappa shape index (κ3) is 4.49. The third-order valence-electron chi connectivity index (χ3n) is 2.91. The van der Waals surface area contributed by atoms with Crippen molar-refractivity contribution in [1.29, 1.82) is 0 Å². The normalized spacial score (nSPS) is 26.6. The van der Waals surface area contributed by atoms with E-state index in [9.17, 15) is 0 Å². The van der Waals surface area contributed by atoms with E-state index in [4.69, 9.17) is 4.74 Å². The van der Waals surface area contributed by atoms with E-state index in [1.54, 1.807) is 0 Å². The van der Waals surface area contributed by atoms with Crippen molar-refractivity contribution in [2.45, 2.75) is 52.2 Å². The highest BCUT2D eigenvalue weighted by Gasteiger charge is 2.24. The number of nitrogens with zero attached hydrogens (tertiary/aromatic N) is 1. The lowest BCUT2D eigenvalue weighted by Crippen LogP contribution is -2.53. The summed E-state index contributed by atoms with van der Waals surface area (Å²) >= 11 is 0. The van der Waals surface area contributed by atoms with Gasteiger partial charge in [-0.3, -0.25) is 4.90 Å². The molecule has 1 N–H and O–H groups in total. The van der Waals surface area contributed by atoms with E-state index >= 15 is 0 Å². The predicted molar refractivity (Wildman–Crippen MR) is 64.2 cm³/mol. The summed E-state index contributed by atoms with van der Waals surface area (Å²) in [5.74, 6) is 0. The molecule has 15 heavy (non-hydrogen) atoms. The van der Waals surface area contributed by atoms with E-state index in [1.165, 1.54) is 0 Å². The Morgan fingerprint density at radius 1 is 1.47 bits per heavy atom. The summed E-state index contributed by atoms with van der Waals surface area (Å²) in [6.45, 7) is 15.0. The van der Waals surface area contributed by atoms with Gasteiger partial charge >= 0.3 is 0 Å². The first kappa shape index (κ1) is 12.9. The standard InChI is InChI=1S/C12H26N2O/c1-10(8-13-12(3,4)5)14-6-7-15-9-11(14)2/h10-11,13H,6-9H2,1-5H3. The Balaban J connectivity index is 2.35. The van der Waals surface area contributed by atoms with Crippen molar-refractivity contribution in [3.8, 4) is 0 Å². The van der Waals surface area contributed by atoms with Gasteiger partial charge in [0.1, 0.15) is 0 Å².